The summed E-state index contributed by atoms with van der Waals surface area (Å²) in [6.07, 6.45) is 1.01. The third kappa shape index (κ3) is 2.14. The SMILES string of the molecule is CC#CCCC1C(=O)Nc2c(F)cc(F)cc21. The Morgan fingerprint density at radius 3 is 2.88 bits per heavy atom. The van der Waals surface area contributed by atoms with Crippen LogP contribution in [-0.4, -0.2) is 5.91 Å². The van der Waals surface area contributed by atoms with Crippen LogP contribution in [0.5, 0.6) is 0 Å². The van der Waals surface area contributed by atoms with Crippen molar-refractivity contribution < 1.29 is 13.6 Å². The lowest BCUT2D eigenvalue weighted by atomic mass is 9.95. The second-order valence-corrected chi connectivity index (χ2v) is 3.86. The molecular weight excluding hydrogens is 224 g/mol. The Morgan fingerprint density at radius 1 is 1.41 bits per heavy atom. The van der Waals surface area contributed by atoms with Gasteiger partial charge in [0.25, 0.3) is 0 Å². The number of halogens is 2. The summed E-state index contributed by atoms with van der Waals surface area (Å²) in [6.45, 7) is 1.71. The third-order valence-electron chi connectivity index (χ3n) is 2.76. The van der Waals surface area contributed by atoms with Gasteiger partial charge in [0.05, 0.1) is 11.6 Å². The molecule has 1 aromatic carbocycles. The lowest BCUT2D eigenvalue weighted by Gasteiger charge is -2.06. The van der Waals surface area contributed by atoms with E-state index >= 15 is 0 Å². The first kappa shape index (κ1) is 11.6. The van der Waals surface area contributed by atoms with Gasteiger partial charge >= 0.3 is 0 Å². The molecule has 0 spiro atoms. The summed E-state index contributed by atoms with van der Waals surface area (Å²) in [5, 5.41) is 2.44. The zero-order valence-corrected chi connectivity index (χ0v) is 9.31. The van der Waals surface area contributed by atoms with Gasteiger partial charge < -0.3 is 5.32 Å². The van der Waals surface area contributed by atoms with Crippen LogP contribution < -0.4 is 5.32 Å². The first-order chi connectivity index (χ1) is 8.13. The van der Waals surface area contributed by atoms with Crippen molar-refractivity contribution in [1.82, 2.24) is 0 Å². The second-order valence-electron chi connectivity index (χ2n) is 3.86. The highest BCUT2D eigenvalue weighted by Crippen LogP contribution is 2.37. The molecule has 0 saturated carbocycles. The van der Waals surface area contributed by atoms with Crippen LogP contribution in [0, 0.1) is 23.5 Å². The van der Waals surface area contributed by atoms with Crippen LogP contribution in [0.3, 0.4) is 0 Å². The minimum atomic E-state index is -0.725. The molecule has 4 heteroatoms. The van der Waals surface area contributed by atoms with Gasteiger partial charge in [-0.05, 0) is 25.0 Å². The molecule has 1 aliphatic rings. The Morgan fingerprint density at radius 2 is 2.18 bits per heavy atom. The van der Waals surface area contributed by atoms with Crippen LogP contribution in [0.15, 0.2) is 12.1 Å². The molecule has 0 radical (unpaired) electrons. The van der Waals surface area contributed by atoms with Crippen molar-refractivity contribution in [3.05, 3.63) is 29.3 Å². The van der Waals surface area contributed by atoms with E-state index in [2.05, 4.69) is 17.2 Å². The van der Waals surface area contributed by atoms with Gasteiger partial charge in [-0.3, -0.25) is 4.79 Å². The van der Waals surface area contributed by atoms with Crippen molar-refractivity contribution in [3.8, 4) is 11.8 Å². The van der Waals surface area contributed by atoms with E-state index < -0.39 is 17.6 Å². The van der Waals surface area contributed by atoms with Crippen molar-refractivity contribution in [3.63, 3.8) is 0 Å². The molecule has 1 N–H and O–H groups in total. The standard InChI is InChI=1S/C13H11F2NO/c1-2-3-4-5-9-10-6-8(14)7-11(15)12(10)16-13(9)17/h6-7,9H,4-5H2,1H3,(H,16,17). The van der Waals surface area contributed by atoms with Gasteiger partial charge in [-0.1, -0.05) is 0 Å². The summed E-state index contributed by atoms with van der Waals surface area (Å²) in [6, 6.07) is 1.98. The van der Waals surface area contributed by atoms with Crippen molar-refractivity contribution >= 4 is 11.6 Å². The van der Waals surface area contributed by atoms with Gasteiger partial charge in [0, 0.05) is 12.5 Å². The number of benzene rings is 1. The predicted molar refractivity (Wildman–Crippen MR) is 60.4 cm³/mol. The molecule has 2 nitrogen and oxygen atoms in total. The van der Waals surface area contributed by atoms with Crippen LogP contribution in [0.25, 0.3) is 0 Å². The van der Waals surface area contributed by atoms with Crippen LogP contribution >= 0.6 is 0 Å². The fourth-order valence-electron chi connectivity index (χ4n) is 1.98. The number of hydrogen-bond donors (Lipinski definition) is 1. The third-order valence-corrected chi connectivity index (χ3v) is 2.76. The molecule has 1 aromatic rings. The van der Waals surface area contributed by atoms with E-state index in [9.17, 15) is 13.6 Å². The Hall–Kier alpha value is -1.89. The highest BCUT2D eigenvalue weighted by Gasteiger charge is 2.32. The fraction of sp³-hybridized carbons (Fsp3) is 0.308. The molecule has 1 atom stereocenters. The molecular formula is C13H11F2NO. The van der Waals surface area contributed by atoms with E-state index in [1.165, 1.54) is 6.07 Å². The largest absolute Gasteiger partial charge is 0.323 e. The number of fused-ring (bicyclic) bond motifs is 1. The van der Waals surface area contributed by atoms with Gasteiger partial charge in [-0.15, -0.1) is 11.8 Å². The highest BCUT2D eigenvalue weighted by molar-refractivity contribution is 6.03. The van der Waals surface area contributed by atoms with Crippen molar-refractivity contribution in [2.24, 2.45) is 0 Å². The molecule has 1 amide bonds. The first-order valence-electron chi connectivity index (χ1n) is 5.33. The zero-order chi connectivity index (χ0) is 12.4. The molecule has 0 bridgehead atoms. The minimum Gasteiger partial charge on any atom is -0.323 e. The van der Waals surface area contributed by atoms with Gasteiger partial charge in [0.1, 0.15) is 11.6 Å². The van der Waals surface area contributed by atoms with Crippen LogP contribution in [-0.2, 0) is 4.79 Å². The summed E-state index contributed by atoms with van der Waals surface area (Å²) in [4.78, 5) is 11.6. The van der Waals surface area contributed by atoms with Crippen molar-refractivity contribution in [1.29, 1.82) is 0 Å². The van der Waals surface area contributed by atoms with E-state index in [4.69, 9.17) is 0 Å². The summed E-state index contributed by atoms with van der Waals surface area (Å²) in [7, 11) is 0. The molecule has 17 heavy (non-hydrogen) atoms. The molecule has 2 rings (SSSR count). The van der Waals surface area contributed by atoms with Gasteiger partial charge in [0.2, 0.25) is 5.91 Å². The summed E-state index contributed by atoms with van der Waals surface area (Å²) < 4.78 is 26.5. The molecule has 0 aromatic heterocycles. The van der Waals surface area contributed by atoms with Crippen molar-refractivity contribution in [2.75, 3.05) is 5.32 Å². The first-order valence-corrected chi connectivity index (χ1v) is 5.33. The Balaban J connectivity index is 2.31. The number of hydrogen-bond acceptors (Lipinski definition) is 1. The monoisotopic (exact) mass is 235 g/mol. The van der Waals surface area contributed by atoms with E-state index in [0.29, 0.717) is 18.4 Å². The van der Waals surface area contributed by atoms with E-state index in [-0.39, 0.29) is 11.6 Å². The molecule has 1 heterocycles. The molecule has 0 saturated heterocycles. The minimum absolute atomic E-state index is 0.103. The van der Waals surface area contributed by atoms with E-state index in [1.807, 2.05) is 0 Å². The van der Waals surface area contributed by atoms with E-state index in [1.54, 1.807) is 6.92 Å². The Bertz CT molecular complexity index is 528. The maximum atomic E-state index is 13.4. The molecule has 1 unspecified atom stereocenters. The van der Waals surface area contributed by atoms with Crippen LogP contribution in [0.4, 0.5) is 14.5 Å². The van der Waals surface area contributed by atoms with Gasteiger partial charge in [0.15, 0.2) is 0 Å². The summed E-state index contributed by atoms with van der Waals surface area (Å²) in [5.41, 5.74) is 0.497. The number of carbonyl (C=O) groups is 1. The van der Waals surface area contributed by atoms with Gasteiger partial charge in [-0.25, -0.2) is 8.78 Å². The maximum Gasteiger partial charge on any atom is 0.232 e. The van der Waals surface area contributed by atoms with Crippen LogP contribution in [0.2, 0.25) is 0 Å². The molecule has 0 fully saturated rings. The normalized spacial score (nSPS) is 17.1. The molecule has 0 aliphatic carbocycles. The number of anilines is 1. The highest BCUT2D eigenvalue weighted by atomic mass is 19.1. The van der Waals surface area contributed by atoms with Gasteiger partial charge in [-0.2, -0.15) is 0 Å². The number of carbonyl (C=O) groups excluding carboxylic acids is 1. The molecule has 1 aliphatic heterocycles. The lowest BCUT2D eigenvalue weighted by molar-refractivity contribution is -0.117. The lowest BCUT2D eigenvalue weighted by Crippen LogP contribution is -2.11. The summed E-state index contributed by atoms with van der Waals surface area (Å²) >= 11 is 0. The Labute approximate surface area is 98.0 Å². The van der Waals surface area contributed by atoms with Crippen molar-refractivity contribution in [2.45, 2.75) is 25.7 Å². The second kappa shape index (κ2) is 4.54. The smallest absolute Gasteiger partial charge is 0.232 e. The average molecular weight is 235 g/mol. The Kier molecular flexibility index (Phi) is 3.10. The van der Waals surface area contributed by atoms with Crippen LogP contribution in [0.1, 0.15) is 31.2 Å². The quantitative estimate of drug-likeness (QED) is 0.784. The molecule has 88 valence electrons. The van der Waals surface area contributed by atoms with E-state index in [0.717, 1.165) is 6.07 Å². The zero-order valence-electron chi connectivity index (χ0n) is 9.31. The topological polar surface area (TPSA) is 29.1 Å². The average Bonchev–Trinajstić information content (AvgIpc) is 2.57. The number of nitrogens with one attached hydrogen (secondary N) is 1. The fourth-order valence-corrected chi connectivity index (χ4v) is 1.98. The maximum absolute atomic E-state index is 13.4. The number of rotatable bonds is 2. The summed E-state index contributed by atoms with van der Waals surface area (Å²) in [5.74, 6) is 3.38. The predicted octanol–water partition coefficient (Wildman–Crippen LogP) is 2.80. The number of amides is 1.